The molecule has 0 aromatic heterocycles. The minimum atomic E-state index is -3.89. The summed E-state index contributed by atoms with van der Waals surface area (Å²) in [6.45, 7) is 5.92. The first-order valence-electron chi connectivity index (χ1n) is 11.6. The fourth-order valence-corrected chi connectivity index (χ4v) is 5.32. The third-order valence-electron chi connectivity index (χ3n) is 6.99. The molecule has 1 aliphatic carbocycles. The van der Waals surface area contributed by atoms with Crippen LogP contribution >= 0.6 is 0 Å². The van der Waals surface area contributed by atoms with Crippen LogP contribution in [0.2, 0.25) is 0 Å². The van der Waals surface area contributed by atoms with E-state index in [0.717, 1.165) is 51.1 Å². The Morgan fingerprint density at radius 1 is 1.26 bits per heavy atom. The summed E-state index contributed by atoms with van der Waals surface area (Å²) < 4.78 is 33.2. The summed E-state index contributed by atoms with van der Waals surface area (Å²) in [5.74, 6) is 6.51. The Labute approximate surface area is 205 Å². The Kier molecular flexibility index (Phi) is 7.38. The van der Waals surface area contributed by atoms with Gasteiger partial charge in [0.05, 0.1) is 19.8 Å². The molecular formula is C24H31N3O7S. The van der Waals surface area contributed by atoms with Gasteiger partial charge in [0.25, 0.3) is 5.91 Å². The monoisotopic (exact) mass is 505 g/mol. The number of cyclic esters (lactones) is 1. The third kappa shape index (κ3) is 5.78. The Morgan fingerprint density at radius 2 is 1.94 bits per heavy atom. The van der Waals surface area contributed by atoms with Gasteiger partial charge in [-0.25, -0.2) is 18.7 Å². The summed E-state index contributed by atoms with van der Waals surface area (Å²) in [5, 5.41) is 8.99. The minimum Gasteiger partial charge on any atom is -0.444 e. The predicted molar refractivity (Wildman–Crippen MR) is 128 cm³/mol. The summed E-state index contributed by atoms with van der Waals surface area (Å²) in [6.07, 6.45) is 0.278. The Morgan fingerprint density at radius 3 is 2.57 bits per heavy atom. The van der Waals surface area contributed by atoms with Crippen molar-refractivity contribution in [3.05, 3.63) is 29.8 Å². The summed E-state index contributed by atoms with van der Waals surface area (Å²) in [6, 6.07) is 7.20. The van der Waals surface area contributed by atoms with Crippen molar-refractivity contribution in [2.75, 3.05) is 50.5 Å². The molecule has 10 nitrogen and oxygen atoms in total. The molecular weight excluding hydrogens is 474 g/mol. The van der Waals surface area contributed by atoms with Gasteiger partial charge < -0.3 is 9.47 Å². The molecule has 2 unspecified atom stereocenters. The molecule has 0 radical (unpaired) electrons. The third-order valence-corrected chi connectivity index (χ3v) is 8.98. The van der Waals surface area contributed by atoms with Gasteiger partial charge >= 0.3 is 6.09 Å². The predicted octanol–water partition coefficient (Wildman–Crippen LogP) is 1.03. The average molecular weight is 506 g/mol. The number of hydrogen-bond donors (Lipinski definition) is 2. The van der Waals surface area contributed by atoms with Gasteiger partial charge in [-0.2, -0.15) is 0 Å². The van der Waals surface area contributed by atoms with Crippen LogP contribution in [0.3, 0.4) is 0 Å². The molecule has 0 spiro atoms. The number of benzene rings is 1. The number of hydrogen-bond acceptors (Lipinski definition) is 8. The molecule has 3 fully saturated rings. The molecule has 1 aromatic carbocycles. The standard InChI is InChI=1S/C24H31N3O7S/c1-24(22(28)25-30,35(2,31)32)14-21-16-27(23(29)34-21)20-7-4-17(5-8-20)3-6-18-13-19(18)15-26-9-11-33-12-10-26/h4-5,7-8,18-19,21,30H,9-16H2,1-2H3,(H,25,28)/t18?,19?,21-,24+/m0/s1. The van der Waals surface area contributed by atoms with Crippen LogP contribution in [0.25, 0.3) is 0 Å². The van der Waals surface area contributed by atoms with Crippen LogP contribution in [0.4, 0.5) is 10.5 Å². The van der Waals surface area contributed by atoms with Crippen molar-refractivity contribution in [1.29, 1.82) is 0 Å². The molecule has 2 aliphatic heterocycles. The van der Waals surface area contributed by atoms with Gasteiger partial charge in [-0.05, 0) is 43.5 Å². The van der Waals surface area contributed by atoms with E-state index in [2.05, 4.69) is 16.7 Å². The number of nitrogens with zero attached hydrogens (tertiary/aromatic N) is 2. The number of rotatable bonds is 7. The smallest absolute Gasteiger partial charge is 0.414 e. The van der Waals surface area contributed by atoms with E-state index in [1.165, 1.54) is 17.3 Å². The number of carbonyl (C=O) groups excluding carboxylic acids is 2. The normalized spacial score (nSPS) is 26.3. The number of hydroxylamine groups is 1. The summed E-state index contributed by atoms with van der Waals surface area (Å²) in [7, 11) is -3.89. The largest absolute Gasteiger partial charge is 0.444 e. The van der Waals surface area contributed by atoms with Crippen LogP contribution in [0.15, 0.2) is 24.3 Å². The number of ether oxygens (including phenoxy) is 2. The lowest BCUT2D eigenvalue weighted by Gasteiger charge is -2.26. The van der Waals surface area contributed by atoms with Crippen molar-refractivity contribution in [3.8, 4) is 11.8 Å². The van der Waals surface area contributed by atoms with Crippen molar-refractivity contribution >= 4 is 27.5 Å². The van der Waals surface area contributed by atoms with Gasteiger partial charge in [0, 0.05) is 49.5 Å². The van der Waals surface area contributed by atoms with Crippen LogP contribution < -0.4 is 10.4 Å². The fourth-order valence-electron chi connectivity index (χ4n) is 4.45. The minimum absolute atomic E-state index is 0.0823. The highest BCUT2D eigenvalue weighted by atomic mass is 32.2. The molecule has 4 atom stereocenters. The summed E-state index contributed by atoms with van der Waals surface area (Å²) in [5.41, 5.74) is 2.84. The van der Waals surface area contributed by atoms with Crippen LogP contribution in [-0.2, 0) is 24.1 Å². The molecule has 4 rings (SSSR count). The van der Waals surface area contributed by atoms with Crippen LogP contribution in [-0.4, -0.2) is 87.0 Å². The molecule has 1 aromatic rings. The SMILES string of the molecule is C[C@@](C[C@H]1CN(c2ccc(C#CC3CC3CN3CCOCC3)cc2)C(=O)O1)(C(=O)NO)S(C)(=O)=O. The van der Waals surface area contributed by atoms with Crippen LogP contribution in [0.5, 0.6) is 0 Å². The highest BCUT2D eigenvalue weighted by Gasteiger charge is 2.48. The quantitative estimate of drug-likeness (QED) is 0.320. The second-order valence-corrected chi connectivity index (χ2v) is 12.0. The second kappa shape index (κ2) is 10.1. The zero-order valence-electron chi connectivity index (χ0n) is 19.9. The lowest BCUT2D eigenvalue weighted by molar-refractivity contribution is -0.132. The topological polar surface area (TPSA) is 125 Å². The Bertz CT molecular complexity index is 1120. The van der Waals surface area contributed by atoms with E-state index >= 15 is 0 Å². The molecule has 2 N–H and O–H groups in total. The Balaban J connectivity index is 1.34. The molecule has 35 heavy (non-hydrogen) atoms. The zero-order chi connectivity index (χ0) is 25.2. The van der Waals surface area contributed by atoms with Crippen molar-refractivity contribution in [1.82, 2.24) is 10.4 Å². The summed E-state index contributed by atoms with van der Waals surface area (Å²) in [4.78, 5) is 28.3. The van der Waals surface area contributed by atoms with E-state index in [1.54, 1.807) is 12.1 Å². The molecule has 2 amide bonds. The fraction of sp³-hybridized carbons (Fsp3) is 0.583. The van der Waals surface area contributed by atoms with E-state index in [-0.39, 0.29) is 13.0 Å². The van der Waals surface area contributed by atoms with Gasteiger partial charge in [-0.3, -0.25) is 19.8 Å². The maximum absolute atomic E-state index is 12.4. The van der Waals surface area contributed by atoms with Gasteiger partial charge in [-0.15, -0.1) is 0 Å². The van der Waals surface area contributed by atoms with E-state index in [1.807, 2.05) is 12.1 Å². The molecule has 11 heteroatoms. The Hall–Kier alpha value is -2.65. The van der Waals surface area contributed by atoms with E-state index in [0.29, 0.717) is 17.5 Å². The molecule has 3 aliphatic rings. The van der Waals surface area contributed by atoms with Crippen molar-refractivity contribution < 1.29 is 32.7 Å². The number of morpholine rings is 1. The lowest BCUT2D eigenvalue weighted by Crippen LogP contribution is -2.51. The number of sulfone groups is 1. The van der Waals surface area contributed by atoms with E-state index < -0.39 is 32.7 Å². The van der Waals surface area contributed by atoms with Crippen LogP contribution in [0.1, 0.15) is 25.3 Å². The van der Waals surface area contributed by atoms with Crippen molar-refractivity contribution in [2.24, 2.45) is 11.8 Å². The summed E-state index contributed by atoms with van der Waals surface area (Å²) >= 11 is 0. The number of amides is 2. The maximum atomic E-state index is 12.4. The first kappa shape index (κ1) is 25.4. The van der Waals surface area contributed by atoms with E-state index in [4.69, 9.17) is 14.7 Å². The first-order valence-corrected chi connectivity index (χ1v) is 13.5. The highest BCUT2D eigenvalue weighted by Crippen LogP contribution is 2.38. The zero-order valence-corrected chi connectivity index (χ0v) is 20.7. The molecule has 2 heterocycles. The van der Waals surface area contributed by atoms with E-state index in [9.17, 15) is 18.0 Å². The molecule has 2 saturated heterocycles. The average Bonchev–Trinajstić information content (AvgIpc) is 3.47. The van der Waals surface area contributed by atoms with Crippen molar-refractivity contribution in [2.45, 2.75) is 30.6 Å². The number of anilines is 1. The first-order chi connectivity index (χ1) is 16.6. The highest BCUT2D eigenvalue weighted by molar-refractivity contribution is 7.92. The van der Waals surface area contributed by atoms with Crippen molar-refractivity contribution in [3.63, 3.8) is 0 Å². The molecule has 0 bridgehead atoms. The second-order valence-electron chi connectivity index (χ2n) is 9.60. The van der Waals surface area contributed by atoms with Gasteiger partial charge in [0.2, 0.25) is 0 Å². The van der Waals surface area contributed by atoms with Gasteiger partial charge in [0.15, 0.2) is 14.6 Å². The number of carbonyl (C=O) groups is 2. The molecule has 190 valence electrons. The van der Waals surface area contributed by atoms with Crippen LogP contribution in [0, 0.1) is 23.7 Å². The van der Waals surface area contributed by atoms with Gasteiger partial charge in [-0.1, -0.05) is 11.8 Å². The van der Waals surface area contributed by atoms with Gasteiger partial charge in [0.1, 0.15) is 6.10 Å². The number of nitrogens with one attached hydrogen (secondary N) is 1. The lowest BCUT2D eigenvalue weighted by atomic mass is 10.0. The maximum Gasteiger partial charge on any atom is 0.414 e. The molecule has 1 saturated carbocycles.